The third kappa shape index (κ3) is 4.29. The third-order valence-corrected chi connectivity index (χ3v) is 5.44. The van der Waals surface area contributed by atoms with Crippen molar-refractivity contribution in [1.29, 1.82) is 0 Å². The molecule has 0 aromatic heterocycles. The Hall–Kier alpha value is -1.55. The molecule has 0 saturated carbocycles. The van der Waals surface area contributed by atoms with Gasteiger partial charge in [0.25, 0.3) is 0 Å². The van der Waals surface area contributed by atoms with Crippen molar-refractivity contribution in [3.63, 3.8) is 0 Å². The van der Waals surface area contributed by atoms with Crippen LogP contribution in [0.4, 0.5) is 0 Å². The zero-order valence-electron chi connectivity index (χ0n) is 15.3. The first kappa shape index (κ1) is 17.3. The molecule has 0 aliphatic carbocycles. The maximum absolute atomic E-state index is 4.53. The molecule has 0 amide bonds. The van der Waals surface area contributed by atoms with Crippen LogP contribution in [-0.2, 0) is 13.0 Å². The Labute approximate surface area is 146 Å². The van der Waals surface area contributed by atoms with E-state index in [1.807, 2.05) is 7.05 Å². The van der Waals surface area contributed by atoms with Crippen molar-refractivity contribution in [2.45, 2.75) is 39.2 Å². The van der Waals surface area contributed by atoms with Gasteiger partial charge < -0.3 is 15.1 Å². The molecular formula is C20H32N4. The molecule has 2 heterocycles. The highest BCUT2D eigenvalue weighted by Gasteiger charge is 2.21. The van der Waals surface area contributed by atoms with Crippen LogP contribution in [0.1, 0.15) is 37.3 Å². The number of guanidine groups is 1. The van der Waals surface area contributed by atoms with E-state index in [2.05, 4.69) is 51.3 Å². The molecule has 1 N–H and O–H groups in total. The van der Waals surface area contributed by atoms with Crippen LogP contribution in [0.15, 0.2) is 29.3 Å². The summed E-state index contributed by atoms with van der Waals surface area (Å²) >= 11 is 0. The number of hydrogen-bond acceptors (Lipinski definition) is 2. The minimum Gasteiger partial charge on any atom is -0.356 e. The number of likely N-dealkylation sites (tertiary alicyclic amines) is 1. The normalized spacial score (nSPS) is 20.1. The molecule has 1 fully saturated rings. The number of rotatable bonds is 4. The van der Waals surface area contributed by atoms with Gasteiger partial charge in [-0.25, -0.2) is 0 Å². The molecule has 1 aromatic rings. The van der Waals surface area contributed by atoms with Crippen molar-refractivity contribution in [3.8, 4) is 0 Å². The summed E-state index contributed by atoms with van der Waals surface area (Å²) in [6, 6.07) is 8.79. The summed E-state index contributed by atoms with van der Waals surface area (Å²) in [7, 11) is 1.91. The summed E-state index contributed by atoms with van der Waals surface area (Å²) in [5, 5.41) is 3.64. The second kappa shape index (κ2) is 8.52. The van der Waals surface area contributed by atoms with Crippen molar-refractivity contribution in [3.05, 3.63) is 35.4 Å². The largest absolute Gasteiger partial charge is 0.356 e. The maximum Gasteiger partial charge on any atom is 0.193 e. The van der Waals surface area contributed by atoms with Gasteiger partial charge in [0.2, 0.25) is 0 Å². The van der Waals surface area contributed by atoms with E-state index in [1.54, 1.807) is 0 Å². The summed E-state index contributed by atoms with van der Waals surface area (Å²) in [6.07, 6.45) is 5.01. The second-order valence-electron chi connectivity index (χ2n) is 7.15. The molecule has 4 nitrogen and oxygen atoms in total. The molecule has 1 saturated heterocycles. The fraction of sp³-hybridized carbons (Fsp3) is 0.650. The minimum atomic E-state index is 0.784. The zero-order valence-corrected chi connectivity index (χ0v) is 15.3. The van der Waals surface area contributed by atoms with Crippen LogP contribution in [0, 0.1) is 5.92 Å². The van der Waals surface area contributed by atoms with Gasteiger partial charge in [-0.2, -0.15) is 0 Å². The number of nitrogens with zero attached hydrogens (tertiary/aromatic N) is 3. The van der Waals surface area contributed by atoms with Crippen molar-refractivity contribution in [1.82, 2.24) is 15.1 Å². The number of benzene rings is 1. The van der Waals surface area contributed by atoms with E-state index in [-0.39, 0.29) is 0 Å². The van der Waals surface area contributed by atoms with Crippen molar-refractivity contribution >= 4 is 5.96 Å². The third-order valence-electron chi connectivity index (χ3n) is 5.44. The SMILES string of the molecule is CCCN1CCC(CNC(=NC)N2CCc3ccccc3C2)CC1. The first-order chi connectivity index (χ1) is 11.8. The van der Waals surface area contributed by atoms with Crippen molar-refractivity contribution < 1.29 is 0 Å². The first-order valence-electron chi connectivity index (χ1n) is 9.55. The van der Waals surface area contributed by atoms with Gasteiger partial charge in [-0.1, -0.05) is 31.2 Å². The van der Waals surface area contributed by atoms with Gasteiger partial charge in [0.1, 0.15) is 0 Å². The Morgan fingerprint density at radius 1 is 1.17 bits per heavy atom. The highest BCUT2D eigenvalue weighted by molar-refractivity contribution is 5.80. The van der Waals surface area contributed by atoms with Gasteiger partial charge in [0.05, 0.1) is 0 Å². The Morgan fingerprint density at radius 3 is 2.62 bits per heavy atom. The van der Waals surface area contributed by atoms with E-state index >= 15 is 0 Å². The molecule has 0 unspecified atom stereocenters. The first-order valence-corrected chi connectivity index (χ1v) is 9.55. The molecule has 1 aromatic carbocycles. The highest BCUT2D eigenvalue weighted by atomic mass is 15.3. The molecule has 4 heteroatoms. The van der Waals surface area contributed by atoms with Crippen LogP contribution in [0.5, 0.6) is 0 Å². The number of fused-ring (bicyclic) bond motifs is 1. The second-order valence-corrected chi connectivity index (χ2v) is 7.15. The number of aliphatic imine (C=N–C) groups is 1. The van der Waals surface area contributed by atoms with E-state index in [0.29, 0.717) is 0 Å². The molecule has 0 radical (unpaired) electrons. The topological polar surface area (TPSA) is 30.9 Å². The molecular weight excluding hydrogens is 296 g/mol. The molecule has 132 valence electrons. The lowest BCUT2D eigenvalue weighted by atomic mass is 9.96. The molecule has 2 aliphatic rings. The quantitative estimate of drug-likeness (QED) is 0.681. The molecule has 0 bridgehead atoms. The molecule has 2 aliphatic heterocycles. The van der Waals surface area contributed by atoms with Crippen LogP contribution < -0.4 is 5.32 Å². The van der Waals surface area contributed by atoms with Gasteiger partial charge in [-0.15, -0.1) is 0 Å². The van der Waals surface area contributed by atoms with Gasteiger partial charge >= 0.3 is 0 Å². The summed E-state index contributed by atoms with van der Waals surface area (Å²) in [5.74, 6) is 1.85. The van der Waals surface area contributed by atoms with Crippen LogP contribution in [-0.4, -0.2) is 55.5 Å². The predicted octanol–water partition coefficient (Wildman–Crippen LogP) is 2.74. The Morgan fingerprint density at radius 2 is 1.92 bits per heavy atom. The summed E-state index contributed by atoms with van der Waals surface area (Å²) < 4.78 is 0. The van der Waals surface area contributed by atoms with Gasteiger partial charge in [0, 0.05) is 26.7 Å². The van der Waals surface area contributed by atoms with Crippen molar-refractivity contribution in [2.75, 3.05) is 39.8 Å². The highest BCUT2D eigenvalue weighted by Crippen LogP contribution is 2.19. The van der Waals surface area contributed by atoms with Gasteiger partial charge in [0.15, 0.2) is 5.96 Å². The number of nitrogens with one attached hydrogen (secondary N) is 1. The van der Waals surface area contributed by atoms with Crippen molar-refractivity contribution in [2.24, 2.45) is 10.9 Å². The Bertz CT molecular complexity index is 546. The molecule has 0 atom stereocenters. The standard InChI is InChI=1S/C20H32N4/c1-3-11-23-12-8-17(9-13-23)15-22-20(21-2)24-14-10-18-6-4-5-7-19(18)16-24/h4-7,17H,3,8-16H2,1-2H3,(H,21,22). The summed E-state index contributed by atoms with van der Waals surface area (Å²) in [5.41, 5.74) is 2.94. The van der Waals surface area contributed by atoms with Crippen LogP contribution >= 0.6 is 0 Å². The summed E-state index contributed by atoms with van der Waals surface area (Å²) in [6.45, 7) is 9.15. The lowest BCUT2D eigenvalue weighted by molar-refractivity contribution is 0.184. The number of piperidine rings is 1. The molecule has 24 heavy (non-hydrogen) atoms. The van der Waals surface area contributed by atoms with Gasteiger partial charge in [-0.3, -0.25) is 4.99 Å². The van der Waals surface area contributed by atoms with Crippen LogP contribution in [0.2, 0.25) is 0 Å². The fourth-order valence-corrected chi connectivity index (χ4v) is 3.97. The van der Waals surface area contributed by atoms with E-state index < -0.39 is 0 Å². The fourth-order valence-electron chi connectivity index (χ4n) is 3.97. The van der Waals surface area contributed by atoms with E-state index in [4.69, 9.17) is 0 Å². The maximum atomic E-state index is 4.53. The Balaban J connectivity index is 1.48. The Kier molecular flexibility index (Phi) is 6.13. The molecule has 3 rings (SSSR count). The average Bonchev–Trinajstić information content (AvgIpc) is 2.64. The molecule has 0 spiro atoms. The lowest BCUT2D eigenvalue weighted by Crippen LogP contribution is -2.46. The van der Waals surface area contributed by atoms with Crippen LogP contribution in [0.25, 0.3) is 0 Å². The van der Waals surface area contributed by atoms with Crippen LogP contribution in [0.3, 0.4) is 0 Å². The summed E-state index contributed by atoms with van der Waals surface area (Å²) in [4.78, 5) is 9.54. The zero-order chi connectivity index (χ0) is 16.8. The minimum absolute atomic E-state index is 0.784. The number of hydrogen-bond donors (Lipinski definition) is 1. The van der Waals surface area contributed by atoms with E-state index in [0.717, 1.165) is 37.9 Å². The smallest absolute Gasteiger partial charge is 0.193 e. The predicted molar refractivity (Wildman–Crippen MR) is 101 cm³/mol. The van der Waals surface area contributed by atoms with E-state index in [9.17, 15) is 0 Å². The average molecular weight is 329 g/mol. The van der Waals surface area contributed by atoms with E-state index in [1.165, 1.54) is 50.0 Å². The lowest BCUT2D eigenvalue weighted by Gasteiger charge is -2.34. The monoisotopic (exact) mass is 328 g/mol. The van der Waals surface area contributed by atoms with Gasteiger partial charge in [-0.05, 0) is 62.4 Å².